The van der Waals surface area contributed by atoms with E-state index in [1.54, 1.807) is 6.07 Å². The molecule has 1 fully saturated rings. The van der Waals surface area contributed by atoms with Crippen LogP contribution in [-0.4, -0.2) is 51.4 Å². The topological polar surface area (TPSA) is 33.7 Å². The van der Waals surface area contributed by atoms with Crippen LogP contribution in [0.5, 0.6) is 5.75 Å². The summed E-state index contributed by atoms with van der Waals surface area (Å²) < 4.78 is 24.0. The molecule has 1 N–H and O–H groups in total. The van der Waals surface area contributed by atoms with Crippen LogP contribution in [0, 0.1) is 5.82 Å². The predicted octanol–water partition coefficient (Wildman–Crippen LogP) is 1.25. The van der Waals surface area contributed by atoms with Crippen molar-refractivity contribution in [2.24, 2.45) is 0 Å². The van der Waals surface area contributed by atoms with Gasteiger partial charge < -0.3 is 19.7 Å². The Bertz CT molecular complexity index is 414. The van der Waals surface area contributed by atoms with E-state index in [-0.39, 0.29) is 17.7 Å². The second-order valence-corrected chi connectivity index (χ2v) is 4.85. The molecular formula is C14H21FN2O2. The first-order chi connectivity index (χ1) is 9.19. The van der Waals surface area contributed by atoms with Crippen LogP contribution >= 0.6 is 0 Å². The number of benzene rings is 1. The van der Waals surface area contributed by atoms with E-state index in [1.807, 2.05) is 6.07 Å². The standard InChI is InChI=1S/C14H21FN2O2/c1-17-5-6-19-12(10-17)9-16-8-11-3-4-14(18-2)13(15)7-11/h3-4,7,12,16H,5-6,8-10H2,1-2H3. The largest absolute Gasteiger partial charge is 0.494 e. The number of hydrogen-bond donors (Lipinski definition) is 1. The molecule has 0 saturated carbocycles. The Kier molecular flexibility index (Phi) is 5.13. The van der Waals surface area contributed by atoms with Gasteiger partial charge in [0.15, 0.2) is 11.6 Å². The summed E-state index contributed by atoms with van der Waals surface area (Å²) in [6.45, 7) is 4.10. The van der Waals surface area contributed by atoms with Crippen molar-refractivity contribution in [1.82, 2.24) is 10.2 Å². The van der Waals surface area contributed by atoms with Gasteiger partial charge in [-0.2, -0.15) is 0 Å². The molecule has 5 heteroatoms. The van der Waals surface area contributed by atoms with Crippen molar-refractivity contribution in [2.75, 3.05) is 40.4 Å². The van der Waals surface area contributed by atoms with E-state index < -0.39 is 0 Å². The Morgan fingerprint density at radius 3 is 3.05 bits per heavy atom. The Labute approximate surface area is 113 Å². The van der Waals surface area contributed by atoms with Crippen LogP contribution < -0.4 is 10.1 Å². The van der Waals surface area contributed by atoms with Gasteiger partial charge in [0.05, 0.1) is 19.8 Å². The van der Waals surface area contributed by atoms with Crippen molar-refractivity contribution >= 4 is 0 Å². The number of rotatable bonds is 5. The van der Waals surface area contributed by atoms with Crippen LogP contribution in [-0.2, 0) is 11.3 Å². The smallest absolute Gasteiger partial charge is 0.165 e. The lowest BCUT2D eigenvalue weighted by Gasteiger charge is -2.30. The van der Waals surface area contributed by atoms with Gasteiger partial charge in [0.1, 0.15) is 0 Å². The first-order valence-electron chi connectivity index (χ1n) is 6.52. The number of nitrogens with zero attached hydrogens (tertiary/aromatic N) is 1. The predicted molar refractivity (Wildman–Crippen MR) is 71.9 cm³/mol. The SMILES string of the molecule is COc1ccc(CNCC2CN(C)CCO2)cc1F. The van der Waals surface area contributed by atoms with Crippen LogP contribution in [0.25, 0.3) is 0 Å². The minimum atomic E-state index is -0.324. The normalized spacial score (nSPS) is 20.5. The molecule has 19 heavy (non-hydrogen) atoms. The average molecular weight is 268 g/mol. The maximum absolute atomic E-state index is 13.5. The van der Waals surface area contributed by atoms with Gasteiger partial charge in [-0.1, -0.05) is 6.07 Å². The Morgan fingerprint density at radius 1 is 1.53 bits per heavy atom. The van der Waals surface area contributed by atoms with E-state index in [4.69, 9.17) is 9.47 Å². The van der Waals surface area contributed by atoms with Gasteiger partial charge in [-0.15, -0.1) is 0 Å². The first kappa shape index (κ1) is 14.2. The summed E-state index contributed by atoms with van der Waals surface area (Å²) in [6.07, 6.45) is 0.210. The molecule has 1 aliphatic rings. The van der Waals surface area contributed by atoms with Crippen molar-refractivity contribution in [3.8, 4) is 5.75 Å². The van der Waals surface area contributed by atoms with E-state index in [0.717, 1.165) is 31.8 Å². The molecule has 1 heterocycles. The van der Waals surface area contributed by atoms with Gasteiger partial charge in [0.25, 0.3) is 0 Å². The third-order valence-electron chi connectivity index (χ3n) is 3.26. The van der Waals surface area contributed by atoms with Gasteiger partial charge in [-0.25, -0.2) is 4.39 Å². The van der Waals surface area contributed by atoms with Gasteiger partial charge in [-0.3, -0.25) is 0 Å². The zero-order valence-corrected chi connectivity index (χ0v) is 11.5. The molecule has 1 atom stereocenters. The van der Waals surface area contributed by atoms with Crippen molar-refractivity contribution in [2.45, 2.75) is 12.6 Å². The molecule has 0 aromatic heterocycles. The molecule has 0 radical (unpaired) electrons. The van der Waals surface area contributed by atoms with Crippen molar-refractivity contribution in [3.63, 3.8) is 0 Å². The molecule has 0 bridgehead atoms. The molecule has 1 aliphatic heterocycles. The Morgan fingerprint density at radius 2 is 2.37 bits per heavy atom. The molecule has 0 amide bonds. The number of ether oxygens (including phenoxy) is 2. The molecule has 1 aromatic rings. The lowest BCUT2D eigenvalue weighted by atomic mass is 10.2. The quantitative estimate of drug-likeness (QED) is 0.871. The highest BCUT2D eigenvalue weighted by Gasteiger charge is 2.16. The van der Waals surface area contributed by atoms with Gasteiger partial charge in [0.2, 0.25) is 0 Å². The fourth-order valence-corrected chi connectivity index (χ4v) is 2.19. The minimum absolute atomic E-state index is 0.210. The summed E-state index contributed by atoms with van der Waals surface area (Å²) in [5, 5.41) is 3.30. The highest BCUT2D eigenvalue weighted by molar-refractivity contribution is 5.29. The lowest BCUT2D eigenvalue weighted by Crippen LogP contribution is -2.44. The summed E-state index contributed by atoms with van der Waals surface area (Å²) in [7, 11) is 3.56. The second kappa shape index (κ2) is 6.84. The van der Waals surface area contributed by atoms with Gasteiger partial charge in [0, 0.05) is 26.2 Å². The summed E-state index contributed by atoms with van der Waals surface area (Å²) in [4.78, 5) is 2.25. The van der Waals surface area contributed by atoms with Crippen molar-refractivity contribution in [1.29, 1.82) is 0 Å². The highest BCUT2D eigenvalue weighted by atomic mass is 19.1. The summed E-state index contributed by atoms with van der Waals surface area (Å²) in [6, 6.07) is 5.01. The Hall–Kier alpha value is -1.17. The van der Waals surface area contributed by atoms with Crippen LogP contribution in [0.15, 0.2) is 18.2 Å². The maximum Gasteiger partial charge on any atom is 0.165 e. The summed E-state index contributed by atoms with van der Waals surface area (Å²) in [5.41, 5.74) is 0.905. The van der Waals surface area contributed by atoms with Crippen LogP contribution in [0.2, 0.25) is 0 Å². The fraction of sp³-hybridized carbons (Fsp3) is 0.571. The number of hydrogen-bond acceptors (Lipinski definition) is 4. The number of morpholine rings is 1. The van der Waals surface area contributed by atoms with E-state index in [0.29, 0.717) is 6.54 Å². The molecule has 1 saturated heterocycles. The molecule has 2 rings (SSSR count). The van der Waals surface area contributed by atoms with Crippen LogP contribution in [0.1, 0.15) is 5.56 Å². The maximum atomic E-state index is 13.5. The Balaban J connectivity index is 1.77. The first-order valence-corrected chi connectivity index (χ1v) is 6.52. The molecule has 0 aliphatic carbocycles. The molecule has 4 nitrogen and oxygen atoms in total. The lowest BCUT2D eigenvalue weighted by molar-refractivity contribution is -0.0182. The minimum Gasteiger partial charge on any atom is -0.494 e. The number of likely N-dealkylation sites (N-methyl/N-ethyl adjacent to an activating group) is 1. The summed E-state index contributed by atoms with van der Waals surface area (Å²) >= 11 is 0. The highest BCUT2D eigenvalue weighted by Crippen LogP contribution is 2.17. The molecular weight excluding hydrogens is 247 g/mol. The van der Waals surface area contributed by atoms with E-state index >= 15 is 0 Å². The molecule has 1 aromatic carbocycles. The average Bonchev–Trinajstić information content (AvgIpc) is 2.39. The molecule has 0 spiro atoms. The monoisotopic (exact) mass is 268 g/mol. The van der Waals surface area contributed by atoms with E-state index in [2.05, 4.69) is 17.3 Å². The van der Waals surface area contributed by atoms with Gasteiger partial charge in [-0.05, 0) is 24.7 Å². The van der Waals surface area contributed by atoms with Gasteiger partial charge >= 0.3 is 0 Å². The zero-order valence-electron chi connectivity index (χ0n) is 11.5. The fourth-order valence-electron chi connectivity index (χ4n) is 2.19. The van der Waals surface area contributed by atoms with Crippen LogP contribution in [0.4, 0.5) is 4.39 Å². The molecule has 1 unspecified atom stereocenters. The number of methoxy groups -OCH3 is 1. The summed E-state index contributed by atoms with van der Waals surface area (Å²) in [5.74, 6) is -0.0450. The number of nitrogens with one attached hydrogen (secondary N) is 1. The van der Waals surface area contributed by atoms with Crippen LogP contribution in [0.3, 0.4) is 0 Å². The van der Waals surface area contributed by atoms with Crippen molar-refractivity contribution < 1.29 is 13.9 Å². The third-order valence-corrected chi connectivity index (χ3v) is 3.26. The second-order valence-electron chi connectivity index (χ2n) is 4.85. The third kappa shape index (κ3) is 4.16. The van der Waals surface area contributed by atoms with E-state index in [1.165, 1.54) is 13.2 Å². The number of halogens is 1. The zero-order chi connectivity index (χ0) is 13.7. The van der Waals surface area contributed by atoms with Crippen molar-refractivity contribution in [3.05, 3.63) is 29.6 Å². The molecule has 106 valence electrons. The van der Waals surface area contributed by atoms with E-state index in [9.17, 15) is 4.39 Å².